The Morgan fingerprint density at radius 1 is 1.00 bits per heavy atom. The summed E-state index contributed by atoms with van der Waals surface area (Å²) >= 11 is 0. The van der Waals surface area contributed by atoms with Gasteiger partial charge >= 0.3 is 0 Å². The van der Waals surface area contributed by atoms with E-state index in [0.717, 1.165) is 37.5 Å². The summed E-state index contributed by atoms with van der Waals surface area (Å²) in [5, 5.41) is 9.28. The molecule has 0 bridgehead atoms. The van der Waals surface area contributed by atoms with Crippen molar-refractivity contribution in [2.24, 2.45) is 17.6 Å². The first-order valence-electron chi connectivity index (χ1n) is 4.19. The van der Waals surface area contributed by atoms with Gasteiger partial charge in [-0.3, -0.25) is 0 Å². The minimum Gasteiger partial charge on any atom is -0.393 e. The Balaban J connectivity index is 2.00. The maximum Gasteiger partial charge on any atom is 0.0545 e. The van der Waals surface area contributed by atoms with E-state index in [1.807, 2.05) is 0 Å². The van der Waals surface area contributed by atoms with Crippen LogP contribution in [0.5, 0.6) is 0 Å². The van der Waals surface area contributed by atoms with E-state index in [4.69, 9.17) is 5.73 Å². The molecule has 0 heterocycles. The van der Waals surface area contributed by atoms with Gasteiger partial charge in [-0.05, 0) is 37.5 Å². The molecule has 2 heteroatoms. The third-order valence-electron chi connectivity index (χ3n) is 3.03. The van der Waals surface area contributed by atoms with Crippen LogP contribution >= 0.6 is 0 Å². The molecule has 2 fully saturated rings. The normalized spacial score (nSPS) is 53.4. The van der Waals surface area contributed by atoms with Gasteiger partial charge in [-0.25, -0.2) is 0 Å². The van der Waals surface area contributed by atoms with Crippen molar-refractivity contribution in [1.82, 2.24) is 0 Å². The average Bonchev–Trinajstić information content (AvgIpc) is 2.21. The number of hydrogen-bond acceptors (Lipinski definition) is 2. The van der Waals surface area contributed by atoms with Gasteiger partial charge in [0.2, 0.25) is 0 Å². The standard InChI is InChI=1S/C8H15NO/c9-7-1-5-3-8(10)4-6(5)2-7/h5-8,10H,1-4,9H2/t5-,6+,7+,8?. The van der Waals surface area contributed by atoms with Crippen molar-refractivity contribution in [3.63, 3.8) is 0 Å². The molecule has 0 spiro atoms. The maximum absolute atomic E-state index is 9.28. The van der Waals surface area contributed by atoms with Gasteiger partial charge in [-0.15, -0.1) is 0 Å². The zero-order valence-corrected chi connectivity index (χ0v) is 6.16. The van der Waals surface area contributed by atoms with Crippen LogP contribution in [0.3, 0.4) is 0 Å². The van der Waals surface area contributed by atoms with Crippen molar-refractivity contribution < 1.29 is 5.11 Å². The number of nitrogens with two attached hydrogens (primary N) is 1. The Hall–Kier alpha value is -0.0800. The zero-order valence-electron chi connectivity index (χ0n) is 6.16. The summed E-state index contributed by atoms with van der Waals surface area (Å²) in [6.07, 6.45) is 4.32. The highest BCUT2D eigenvalue weighted by atomic mass is 16.3. The lowest BCUT2D eigenvalue weighted by atomic mass is 10.0. The van der Waals surface area contributed by atoms with Gasteiger partial charge in [-0.1, -0.05) is 0 Å². The van der Waals surface area contributed by atoms with E-state index in [1.165, 1.54) is 0 Å². The van der Waals surface area contributed by atoms with Crippen LogP contribution in [-0.2, 0) is 0 Å². The summed E-state index contributed by atoms with van der Waals surface area (Å²) in [7, 11) is 0. The zero-order chi connectivity index (χ0) is 7.14. The van der Waals surface area contributed by atoms with E-state index in [2.05, 4.69) is 0 Å². The predicted octanol–water partition coefficient (Wildman–Crippen LogP) is 0.495. The summed E-state index contributed by atoms with van der Waals surface area (Å²) in [5.74, 6) is 1.51. The molecule has 2 aliphatic rings. The topological polar surface area (TPSA) is 46.2 Å². The molecule has 58 valence electrons. The molecular weight excluding hydrogens is 126 g/mol. The van der Waals surface area contributed by atoms with Gasteiger partial charge in [0, 0.05) is 6.04 Å². The minimum atomic E-state index is -0.0116. The van der Waals surface area contributed by atoms with E-state index in [-0.39, 0.29) is 6.10 Å². The predicted molar refractivity (Wildman–Crippen MR) is 39.4 cm³/mol. The molecule has 0 aromatic rings. The molecule has 2 aliphatic carbocycles. The smallest absolute Gasteiger partial charge is 0.0545 e. The monoisotopic (exact) mass is 141 g/mol. The fourth-order valence-corrected chi connectivity index (χ4v) is 2.63. The van der Waals surface area contributed by atoms with Gasteiger partial charge in [0.15, 0.2) is 0 Å². The van der Waals surface area contributed by atoms with Gasteiger partial charge in [0.05, 0.1) is 6.10 Å². The third kappa shape index (κ3) is 0.956. The maximum atomic E-state index is 9.28. The largest absolute Gasteiger partial charge is 0.393 e. The molecule has 4 atom stereocenters. The van der Waals surface area contributed by atoms with Crippen molar-refractivity contribution in [3.05, 3.63) is 0 Å². The Labute approximate surface area is 61.4 Å². The minimum absolute atomic E-state index is 0.0116. The van der Waals surface area contributed by atoms with Crippen molar-refractivity contribution in [2.75, 3.05) is 0 Å². The number of hydrogen-bond donors (Lipinski definition) is 2. The van der Waals surface area contributed by atoms with E-state index in [9.17, 15) is 5.11 Å². The SMILES string of the molecule is N[C@@H]1C[C@H]2CC(O)C[C@H]2C1. The van der Waals surface area contributed by atoms with Crippen LogP contribution < -0.4 is 5.73 Å². The number of rotatable bonds is 0. The van der Waals surface area contributed by atoms with E-state index in [0.29, 0.717) is 6.04 Å². The van der Waals surface area contributed by atoms with Crippen LogP contribution in [-0.4, -0.2) is 17.3 Å². The lowest BCUT2D eigenvalue weighted by Gasteiger charge is -2.04. The second kappa shape index (κ2) is 2.21. The Bertz CT molecular complexity index is 109. The Morgan fingerprint density at radius 2 is 1.50 bits per heavy atom. The van der Waals surface area contributed by atoms with Crippen LogP contribution in [0, 0.1) is 11.8 Å². The molecule has 0 aromatic heterocycles. The first-order chi connectivity index (χ1) is 4.75. The van der Waals surface area contributed by atoms with Crippen molar-refractivity contribution in [3.8, 4) is 0 Å². The van der Waals surface area contributed by atoms with Gasteiger partial charge in [0.1, 0.15) is 0 Å². The Kier molecular flexibility index (Phi) is 1.46. The summed E-state index contributed by atoms with van der Waals surface area (Å²) < 4.78 is 0. The van der Waals surface area contributed by atoms with Crippen LogP contribution in [0.1, 0.15) is 25.7 Å². The highest BCUT2D eigenvalue weighted by Gasteiger charge is 2.39. The summed E-state index contributed by atoms with van der Waals surface area (Å²) in [5.41, 5.74) is 5.79. The van der Waals surface area contributed by atoms with Crippen LogP contribution in [0.15, 0.2) is 0 Å². The van der Waals surface area contributed by atoms with Gasteiger partial charge in [-0.2, -0.15) is 0 Å². The second-order valence-corrected chi connectivity index (χ2v) is 3.88. The van der Waals surface area contributed by atoms with Gasteiger partial charge < -0.3 is 10.8 Å². The lowest BCUT2D eigenvalue weighted by molar-refractivity contribution is 0.171. The quantitative estimate of drug-likeness (QED) is 0.516. The number of aliphatic hydroxyl groups excluding tert-OH is 1. The average molecular weight is 141 g/mol. The summed E-state index contributed by atoms with van der Waals surface area (Å²) in [4.78, 5) is 0. The number of aliphatic hydroxyl groups is 1. The third-order valence-corrected chi connectivity index (χ3v) is 3.03. The van der Waals surface area contributed by atoms with Crippen LogP contribution in [0.25, 0.3) is 0 Å². The molecule has 0 amide bonds. The molecule has 0 radical (unpaired) electrons. The molecule has 0 saturated heterocycles. The second-order valence-electron chi connectivity index (χ2n) is 3.88. The molecule has 0 aliphatic heterocycles. The summed E-state index contributed by atoms with van der Waals surface area (Å²) in [6, 6.07) is 0.433. The van der Waals surface area contributed by atoms with Crippen molar-refractivity contribution in [2.45, 2.75) is 37.8 Å². The molecule has 1 unspecified atom stereocenters. The van der Waals surface area contributed by atoms with Crippen molar-refractivity contribution in [1.29, 1.82) is 0 Å². The van der Waals surface area contributed by atoms with Gasteiger partial charge in [0.25, 0.3) is 0 Å². The molecule has 2 saturated carbocycles. The highest BCUT2D eigenvalue weighted by molar-refractivity contribution is 4.92. The molecule has 10 heavy (non-hydrogen) atoms. The van der Waals surface area contributed by atoms with E-state index < -0.39 is 0 Å². The molecule has 2 nitrogen and oxygen atoms in total. The molecule has 0 aromatic carbocycles. The summed E-state index contributed by atoms with van der Waals surface area (Å²) in [6.45, 7) is 0. The Morgan fingerprint density at radius 3 is 2.00 bits per heavy atom. The lowest BCUT2D eigenvalue weighted by Crippen LogP contribution is -2.17. The highest BCUT2D eigenvalue weighted by Crippen LogP contribution is 2.43. The fourth-order valence-electron chi connectivity index (χ4n) is 2.63. The first-order valence-corrected chi connectivity index (χ1v) is 4.19. The molecule has 2 rings (SSSR count). The van der Waals surface area contributed by atoms with E-state index in [1.54, 1.807) is 0 Å². The van der Waals surface area contributed by atoms with Crippen molar-refractivity contribution >= 4 is 0 Å². The number of fused-ring (bicyclic) bond motifs is 1. The van der Waals surface area contributed by atoms with E-state index >= 15 is 0 Å². The fraction of sp³-hybridized carbons (Fsp3) is 1.00. The molecular formula is C8H15NO. The first kappa shape index (κ1) is 6.62. The van der Waals surface area contributed by atoms with Crippen LogP contribution in [0.4, 0.5) is 0 Å². The molecule has 3 N–H and O–H groups in total. The van der Waals surface area contributed by atoms with Crippen LogP contribution in [0.2, 0.25) is 0 Å².